The van der Waals surface area contributed by atoms with E-state index in [-0.39, 0.29) is 6.10 Å². The summed E-state index contributed by atoms with van der Waals surface area (Å²) in [6.45, 7) is 6.55. The molecule has 0 N–H and O–H groups in total. The lowest BCUT2D eigenvalue weighted by Gasteiger charge is -2.30. The van der Waals surface area contributed by atoms with E-state index in [9.17, 15) is 0 Å². The Morgan fingerprint density at radius 3 is 2.80 bits per heavy atom. The zero-order valence-electron chi connectivity index (χ0n) is 14.7. The van der Waals surface area contributed by atoms with Crippen molar-refractivity contribution in [2.24, 2.45) is 5.92 Å². The van der Waals surface area contributed by atoms with E-state index in [1.54, 1.807) is 0 Å². The molecule has 0 spiro atoms. The molecule has 2 aromatic rings. The molecule has 2 aromatic heterocycles. The van der Waals surface area contributed by atoms with Gasteiger partial charge in [-0.05, 0) is 48.6 Å². The van der Waals surface area contributed by atoms with Gasteiger partial charge in [0.1, 0.15) is 0 Å². The summed E-state index contributed by atoms with van der Waals surface area (Å²) in [5.41, 5.74) is 2.57. The molecule has 4 heterocycles. The van der Waals surface area contributed by atoms with Gasteiger partial charge in [-0.15, -0.1) is 0 Å². The fourth-order valence-corrected chi connectivity index (χ4v) is 3.86. The first kappa shape index (κ1) is 16.8. The zero-order valence-corrected chi connectivity index (χ0v) is 14.7. The smallest absolute Gasteiger partial charge is 0.0885 e. The zero-order chi connectivity index (χ0) is 16.9. The summed E-state index contributed by atoms with van der Waals surface area (Å²) in [6.07, 6.45) is 8.40. The molecular weight excluding hydrogens is 314 g/mol. The predicted molar refractivity (Wildman–Crippen MR) is 96.1 cm³/mol. The highest BCUT2D eigenvalue weighted by atomic mass is 16.5. The average Bonchev–Trinajstić information content (AvgIpc) is 3.01. The molecule has 4 rings (SSSR count). The Morgan fingerprint density at radius 2 is 1.96 bits per heavy atom. The lowest BCUT2D eigenvalue weighted by molar-refractivity contribution is 0.000181. The second kappa shape index (κ2) is 8.13. The third-order valence-electron chi connectivity index (χ3n) is 5.26. The number of hydrogen-bond acceptors (Lipinski definition) is 4. The summed E-state index contributed by atoms with van der Waals surface area (Å²) < 4.78 is 14.1. The van der Waals surface area contributed by atoms with Crippen LogP contribution in [0.25, 0.3) is 0 Å². The van der Waals surface area contributed by atoms with Crippen LogP contribution in [0.2, 0.25) is 0 Å². The van der Waals surface area contributed by atoms with Crippen molar-refractivity contribution in [2.75, 3.05) is 26.3 Å². The van der Waals surface area contributed by atoms with Crippen LogP contribution >= 0.6 is 0 Å². The predicted octanol–water partition coefficient (Wildman–Crippen LogP) is 2.71. The molecule has 134 valence electrons. The first-order valence-electron chi connectivity index (χ1n) is 9.31. The van der Waals surface area contributed by atoms with Gasteiger partial charge in [-0.1, -0.05) is 0 Å². The van der Waals surface area contributed by atoms with Gasteiger partial charge in [-0.2, -0.15) is 0 Å². The molecule has 5 heteroatoms. The quantitative estimate of drug-likeness (QED) is 0.838. The molecule has 0 amide bonds. The normalized spacial score (nSPS) is 22.5. The molecule has 1 saturated heterocycles. The third-order valence-corrected chi connectivity index (χ3v) is 5.26. The van der Waals surface area contributed by atoms with Crippen molar-refractivity contribution in [1.29, 1.82) is 0 Å². The first-order chi connectivity index (χ1) is 12.4. The number of pyridine rings is 1. The SMILES string of the molecule is c1cc2n(c1)C[C@H](OCc1ccncc1)CN(CC1CCOCC1)C2. The standard InChI is InChI=1S/C20H27N3O2/c1-2-19-13-22(12-17-5-10-24-11-6-17)14-20(15-23(19)9-1)25-16-18-3-7-21-8-4-18/h1-4,7-9,17,20H,5-6,10-16H2/t20-/m1/s1. The Balaban J connectivity index is 1.41. The van der Waals surface area contributed by atoms with Crippen molar-refractivity contribution in [3.63, 3.8) is 0 Å². The highest BCUT2D eigenvalue weighted by molar-refractivity contribution is 5.10. The summed E-state index contributed by atoms with van der Waals surface area (Å²) in [6, 6.07) is 8.44. The van der Waals surface area contributed by atoms with E-state index in [4.69, 9.17) is 9.47 Å². The van der Waals surface area contributed by atoms with Gasteiger partial charge in [-0.25, -0.2) is 0 Å². The maximum atomic E-state index is 6.28. The average molecular weight is 341 g/mol. The van der Waals surface area contributed by atoms with Crippen LogP contribution in [0.1, 0.15) is 24.1 Å². The van der Waals surface area contributed by atoms with Gasteiger partial charge in [0, 0.05) is 63.7 Å². The van der Waals surface area contributed by atoms with Crippen molar-refractivity contribution in [3.05, 3.63) is 54.1 Å². The Labute approximate surface area is 149 Å². The van der Waals surface area contributed by atoms with Crippen molar-refractivity contribution < 1.29 is 9.47 Å². The molecule has 25 heavy (non-hydrogen) atoms. The highest BCUT2D eigenvalue weighted by Gasteiger charge is 2.25. The minimum absolute atomic E-state index is 0.210. The topological polar surface area (TPSA) is 39.5 Å². The van der Waals surface area contributed by atoms with E-state index < -0.39 is 0 Å². The third kappa shape index (κ3) is 4.48. The lowest BCUT2D eigenvalue weighted by atomic mass is 9.99. The summed E-state index contributed by atoms with van der Waals surface area (Å²) in [5, 5.41) is 0. The molecule has 2 aliphatic rings. The van der Waals surface area contributed by atoms with Crippen LogP contribution in [0.15, 0.2) is 42.9 Å². The summed E-state index contributed by atoms with van der Waals surface area (Å²) in [5.74, 6) is 0.746. The fourth-order valence-electron chi connectivity index (χ4n) is 3.86. The van der Waals surface area contributed by atoms with Crippen LogP contribution < -0.4 is 0 Å². The molecule has 0 bridgehead atoms. The number of nitrogens with zero attached hydrogens (tertiary/aromatic N) is 3. The minimum Gasteiger partial charge on any atom is -0.381 e. The van der Waals surface area contributed by atoms with Gasteiger partial charge in [-0.3, -0.25) is 9.88 Å². The van der Waals surface area contributed by atoms with Gasteiger partial charge in [0.05, 0.1) is 12.7 Å². The Bertz CT molecular complexity index is 652. The fraction of sp³-hybridized carbons (Fsp3) is 0.550. The number of hydrogen-bond donors (Lipinski definition) is 0. The number of aromatic nitrogens is 2. The van der Waals surface area contributed by atoms with Crippen LogP contribution in [0.4, 0.5) is 0 Å². The van der Waals surface area contributed by atoms with E-state index in [2.05, 4.69) is 32.8 Å². The van der Waals surface area contributed by atoms with Crippen molar-refractivity contribution in [2.45, 2.75) is 38.6 Å². The van der Waals surface area contributed by atoms with Gasteiger partial charge >= 0.3 is 0 Å². The Hall–Kier alpha value is -1.69. The van der Waals surface area contributed by atoms with Gasteiger partial charge in [0.15, 0.2) is 0 Å². The van der Waals surface area contributed by atoms with Crippen LogP contribution in [0.5, 0.6) is 0 Å². The Kier molecular flexibility index (Phi) is 5.45. The monoisotopic (exact) mass is 341 g/mol. The number of rotatable bonds is 5. The minimum atomic E-state index is 0.210. The van der Waals surface area contributed by atoms with Gasteiger partial charge in [0.25, 0.3) is 0 Å². The maximum absolute atomic E-state index is 6.28. The summed E-state index contributed by atoms with van der Waals surface area (Å²) in [7, 11) is 0. The van der Waals surface area contributed by atoms with Gasteiger partial charge < -0.3 is 14.0 Å². The highest BCUT2D eigenvalue weighted by Crippen LogP contribution is 2.21. The van der Waals surface area contributed by atoms with E-state index in [0.717, 1.165) is 45.3 Å². The van der Waals surface area contributed by atoms with Crippen molar-refractivity contribution in [3.8, 4) is 0 Å². The molecule has 1 fully saturated rings. The molecule has 0 radical (unpaired) electrons. The van der Waals surface area contributed by atoms with Crippen molar-refractivity contribution >= 4 is 0 Å². The molecule has 1 atom stereocenters. The maximum Gasteiger partial charge on any atom is 0.0885 e. The van der Waals surface area contributed by atoms with E-state index >= 15 is 0 Å². The molecule has 0 unspecified atom stereocenters. The van der Waals surface area contributed by atoms with Crippen LogP contribution in [0.3, 0.4) is 0 Å². The van der Waals surface area contributed by atoms with Crippen molar-refractivity contribution in [1.82, 2.24) is 14.5 Å². The second-order valence-electron chi connectivity index (χ2n) is 7.19. The van der Waals surface area contributed by atoms with E-state index in [0.29, 0.717) is 6.61 Å². The second-order valence-corrected chi connectivity index (χ2v) is 7.19. The molecule has 5 nitrogen and oxygen atoms in total. The van der Waals surface area contributed by atoms with E-state index in [1.807, 2.05) is 24.5 Å². The molecule has 0 aromatic carbocycles. The molecule has 0 saturated carbocycles. The summed E-state index contributed by atoms with van der Waals surface area (Å²) >= 11 is 0. The van der Waals surface area contributed by atoms with Crippen LogP contribution in [-0.2, 0) is 29.2 Å². The van der Waals surface area contributed by atoms with Gasteiger partial charge in [0.2, 0.25) is 0 Å². The van der Waals surface area contributed by atoms with E-state index in [1.165, 1.54) is 24.1 Å². The summed E-state index contributed by atoms with van der Waals surface area (Å²) in [4.78, 5) is 6.65. The molecular formula is C20H27N3O2. The lowest BCUT2D eigenvalue weighted by Crippen LogP contribution is -2.37. The molecule has 0 aliphatic carbocycles. The Morgan fingerprint density at radius 1 is 1.12 bits per heavy atom. The van der Waals surface area contributed by atoms with Crippen LogP contribution in [0, 0.1) is 5.92 Å². The largest absolute Gasteiger partial charge is 0.381 e. The number of ether oxygens (including phenoxy) is 2. The molecule has 2 aliphatic heterocycles. The van der Waals surface area contributed by atoms with Crippen LogP contribution in [-0.4, -0.2) is 46.9 Å². The first-order valence-corrected chi connectivity index (χ1v) is 9.31. The number of fused-ring (bicyclic) bond motifs is 1.